The summed E-state index contributed by atoms with van der Waals surface area (Å²) in [6.45, 7) is 2.50. The number of aromatic nitrogens is 2. The molecule has 0 spiro atoms. The third-order valence-corrected chi connectivity index (χ3v) is 3.83. The van der Waals surface area contributed by atoms with Gasteiger partial charge in [-0.1, -0.05) is 19.3 Å². The Balaban J connectivity index is 2.06. The van der Waals surface area contributed by atoms with E-state index in [1.165, 1.54) is 32.1 Å². The maximum atomic E-state index is 5.92. The van der Waals surface area contributed by atoms with Crippen molar-refractivity contribution in [3.8, 4) is 5.88 Å². The molecule has 1 aromatic rings. The summed E-state index contributed by atoms with van der Waals surface area (Å²) in [6, 6.07) is 2.12. The molecule has 0 radical (unpaired) electrons. The minimum atomic E-state index is 0.291. The Morgan fingerprint density at radius 2 is 2.11 bits per heavy atom. The average molecular weight is 264 g/mol. The van der Waals surface area contributed by atoms with E-state index in [9.17, 15) is 0 Å². The molecule has 2 rings (SSSR count). The van der Waals surface area contributed by atoms with Crippen molar-refractivity contribution in [3.05, 3.63) is 11.9 Å². The number of hydrogen-bond donors (Lipinski definition) is 2. The molecule has 1 aliphatic carbocycles. The monoisotopic (exact) mass is 264 g/mol. The minimum Gasteiger partial charge on any atom is -0.481 e. The van der Waals surface area contributed by atoms with Gasteiger partial charge in [0, 0.05) is 18.7 Å². The molecular formula is C14H24N4O. The lowest BCUT2D eigenvalue weighted by Crippen LogP contribution is -2.37. The summed E-state index contributed by atoms with van der Waals surface area (Å²) in [5, 5.41) is 3.46. The zero-order valence-corrected chi connectivity index (χ0v) is 11.9. The van der Waals surface area contributed by atoms with E-state index >= 15 is 0 Å². The summed E-state index contributed by atoms with van der Waals surface area (Å²) in [4.78, 5) is 8.60. The van der Waals surface area contributed by atoms with Crippen LogP contribution in [0.2, 0.25) is 0 Å². The van der Waals surface area contributed by atoms with Crippen molar-refractivity contribution in [2.24, 2.45) is 11.7 Å². The van der Waals surface area contributed by atoms with Gasteiger partial charge in [-0.3, -0.25) is 0 Å². The van der Waals surface area contributed by atoms with E-state index in [0.717, 1.165) is 5.82 Å². The van der Waals surface area contributed by atoms with Crippen molar-refractivity contribution in [1.82, 2.24) is 9.97 Å². The summed E-state index contributed by atoms with van der Waals surface area (Å²) >= 11 is 0. The van der Waals surface area contributed by atoms with Crippen molar-refractivity contribution in [3.63, 3.8) is 0 Å². The van der Waals surface area contributed by atoms with Gasteiger partial charge >= 0.3 is 0 Å². The Morgan fingerprint density at radius 3 is 2.74 bits per heavy atom. The van der Waals surface area contributed by atoms with E-state index in [1.807, 2.05) is 13.0 Å². The van der Waals surface area contributed by atoms with Crippen LogP contribution in [-0.2, 0) is 0 Å². The Morgan fingerprint density at radius 1 is 1.37 bits per heavy atom. The molecule has 1 aliphatic rings. The lowest BCUT2D eigenvalue weighted by Gasteiger charge is -2.30. The lowest BCUT2D eigenvalue weighted by molar-refractivity contribution is 0.320. The van der Waals surface area contributed by atoms with Crippen LogP contribution in [0.4, 0.5) is 5.82 Å². The van der Waals surface area contributed by atoms with Crippen LogP contribution in [0, 0.1) is 12.8 Å². The summed E-state index contributed by atoms with van der Waals surface area (Å²) in [5.74, 6) is 2.76. The van der Waals surface area contributed by atoms with E-state index in [4.69, 9.17) is 10.5 Å². The van der Waals surface area contributed by atoms with Gasteiger partial charge in [-0.25, -0.2) is 4.98 Å². The molecule has 5 nitrogen and oxygen atoms in total. The number of hydrogen-bond acceptors (Lipinski definition) is 5. The van der Waals surface area contributed by atoms with E-state index in [1.54, 1.807) is 7.11 Å². The number of rotatable bonds is 5. The molecule has 3 N–H and O–H groups in total. The van der Waals surface area contributed by atoms with E-state index < -0.39 is 0 Å². The number of ether oxygens (including phenoxy) is 1. The molecule has 19 heavy (non-hydrogen) atoms. The zero-order valence-electron chi connectivity index (χ0n) is 11.9. The first-order valence-electron chi connectivity index (χ1n) is 7.09. The first kappa shape index (κ1) is 14.1. The van der Waals surface area contributed by atoms with Crippen molar-refractivity contribution >= 4 is 5.82 Å². The molecule has 0 saturated heterocycles. The Labute approximate surface area is 115 Å². The predicted molar refractivity (Wildman–Crippen MR) is 76.4 cm³/mol. The van der Waals surface area contributed by atoms with Gasteiger partial charge in [0.1, 0.15) is 11.6 Å². The standard InChI is InChI=1S/C14H24N4O/c1-10-16-13(8-14(17-10)19-2)18-12(9-15)11-6-4-3-5-7-11/h8,11-12H,3-7,9,15H2,1-2H3,(H,16,17,18). The van der Waals surface area contributed by atoms with Gasteiger partial charge in [0.2, 0.25) is 5.88 Å². The largest absolute Gasteiger partial charge is 0.481 e. The van der Waals surface area contributed by atoms with Crippen LogP contribution in [-0.4, -0.2) is 29.7 Å². The topological polar surface area (TPSA) is 73.1 Å². The molecule has 5 heteroatoms. The first-order chi connectivity index (χ1) is 9.22. The second-order valence-corrected chi connectivity index (χ2v) is 5.23. The molecule has 1 unspecified atom stereocenters. The summed E-state index contributed by atoms with van der Waals surface area (Å²) in [5.41, 5.74) is 5.92. The fraction of sp³-hybridized carbons (Fsp3) is 0.714. The van der Waals surface area contributed by atoms with Crippen molar-refractivity contribution < 1.29 is 4.74 Å². The number of aryl methyl sites for hydroxylation is 1. The van der Waals surface area contributed by atoms with Crippen molar-refractivity contribution in [2.45, 2.75) is 45.1 Å². The van der Waals surface area contributed by atoms with Crippen LogP contribution in [0.1, 0.15) is 37.9 Å². The highest BCUT2D eigenvalue weighted by atomic mass is 16.5. The van der Waals surface area contributed by atoms with Gasteiger partial charge in [-0.15, -0.1) is 0 Å². The lowest BCUT2D eigenvalue weighted by atomic mass is 9.84. The molecule has 1 fully saturated rings. The number of nitrogens with two attached hydrogens (primary N) is 1. The third kappa shape index (κ3) is 3.80. The number of methoxy groups -OCH3 is 1. The zero-order chi connectivity index (χ0) is 13.7. The van der Waals surface area contributed by atoms with E-state index in [0.29, 0.717) is 30.2 Å². The molecule has 0 amide bonds. The predicted octanol–water partition coefficient (Wildman–Crippen LogP) is 2.11. The number of nitrogens with zero attached hydrogens (tertiary/aromatic N) is 2. The molecule has 1 atom stereocenters. The molecule has 0 aromatic carbocycles. The SMILES string of the molecule is COc1cc(NC(CN)C2CCCCC2)nc(C)n1. The second-order valence-electron chi connectivity index (χ2n) is 5.23. The van der Waals surface area contributed by atoms with Crippen LogP contribution in [0.15, 0.2) is 6.07 Å². The smallest absolute Gasteiger partial charge is 0.218 e. The second kappa shape index (κ2) is 6.70. The van der Waals surface area contributed by atoms with Crippen LogP contribution in [0.5, 0.6) is 5.88 Å². The van der Waals surface area contributed by atoms with E-state index in [-0.39, 0.29) is 0 Å². The number of anilines is 1. The Kier molecular flexibility index (Phi) is 4.96. The fourth-order valence-electron chi connectivity index (χ4n) is 2.81. The fourth-order valence-corrected chi connectivity index (χ4v) is 2.81. The maximum absolute atomic E-state index is 5.92. The summed E-state index contributed by atoms with van der Waals surface area (Å²) < 4.78 is 5.17. The van der Waals surface area contributed by atoms with Gasteiger partial charge in [-0.05, 0) is 25.7 Å². The molecule has 106 valence electrons. The normalized spacial score (nSPS) is 18.1. The highest BCUT2D eigenvalue weighted by Crippen LogP contribution is 2.28. The Hall–Kier alpha value is -1.36. The average Bonchev–Trinajstić information content (AvgIpc) is 2.45. The quantitative estimate of drug-likeness (QED) is 0.852. The Bertz CT molecular complexity index is 404. The third-order valence-electron chi connectivity index (χ3n) is 3.83. The van der Waals surface area contributed by atoms with Gasteiger partial charge in [0.05, 0.1) is 7.11 Å². The van der Waals surface area contributed by atoms with E-state index in [2.05, 4.69) is 15.3 Å². The van der Waals surface area contributed by atoms with Crippen LogP contribution >= 0.6 is 0 Å². The van der Waals surface area contributed by atoms with Crippen LogP contribution < -0.4 is 15.8 Å². The molecular weight excluding hydrogens is 240 g/mol. The first-order valence-corrected chi connectivity index (χ1v) is 7.09. The van der Waals surface area contributed by atoms with Gasteiger partial charge in [0.15, 0.2) is 0 Å². The number of nitrogens with one attached hydrogen (secondary N) is 1. The highest BCUT2D eigenvalue weighted by molar-refractivity contribution is 5.39. The van der Waals surface area contributed by atoms with Crippen molar-refractivity contribution in [1.29, 1.82) is 0 Å². The summed E-state index contributed by atoms with van der Waals surface area (Å²) in [6.07, 6.45) is 6.50. The van der Waals surface area contributed by atoms with Gasteiger partial charge < -0.3 is 15.8 Å². The minimum absolute atomic E-state index is 0.291. The van der Waals surface area contributed by atoms with Gasteiger partial charge in [-0.2, -0.15) is 4.98 Å². The molecule has 1 aromatic heterocycles. The van der Waals surface area contributed by atoms with Crippen LogP contribution in [0.25, 0.3) is 0 Å². The van der Waals surface area contributed by atoms with Gasteiger partial charge in [0.25, 0.3) is 0 Å². The molecule has 1 heterocycles. The van der Waals surface area contributed by atoms with Crippen LogP contribution in [0.3, 0.4) is 0 Å². The molecule has 0 bridgehead atoms. The maximum Gasteiger partial charge on any atom is 0.218 e. The summed E-state index contributed by atoms with van der Waals surface area (Å²) in [7, 11) is 1.62. The molecule has 0 aliphatic heterocycles. The molecule has 1 saturated carbocycles. The van der Waals surface area contributed by atoms with Crippen molar-refractivity contribution in [2.75, 3.05) is 19.0 Å². The highest BCUT2D eigenvalue weighted by Gasteiger charge is 2.23.